The van der Waals surface area contributed by atoms with E-state index in [-0.39, 0.29) is 16.5 Å². The number of pyridine rings is 1. The normalized spacial score (nSPS) is 10.7. The zero-order chi connectivity index (χ0) is 15.7. The molecule has 112 valence electrons. The van der Waals surface area contributed by atoms with E-state index in [1.807, 2.05) is 0 Å². The molecule has 0 fully saturated rings. The molecule has 2 aromatic heterocycles. The molecule has 0 aliphatic rings. The third-order valence-corrected chi connectivity index (χ3v) is 3.36. The summed E-state index contributed by atoms with van der Waals surface area (Å²) in [6.45, 7) is 0. The van der Waals surface area contributed by atoms with Crippen molar-refractivity contribution in [1.82, 2.24) is 15.0 Å². The number of para-hydroxylation sites is 1. The summed E-state index contributed by atoms with van der Waals surface area (Å²) in [5.41, 5.74) is 0.907. The van der Waals surface area contributed by atoms with Crippen molar-refractivity contribution >= 4 is 40.2 Å². The van der Waals surface area contributed by atoms with Crippen LogP contribution in [0.4, 0.5) is 20.7 Å². The smallest absolute Gasteiger partial charge is 0.420 e. The molecule has 1 amide bonds. The van der Waals surface area contributed by atoms with Gasteiger partial charge in [-0.1, -0.05) is 17.7 Å². The summed E-state index contributed by atoms with van der Waals surface area (Å²) in [6.07, 6.45) is 2.10. The van der Waals surface area contributed by atoms with Gasteiger partial charge in [0.15, 0.2) is 5.82 Å². The average molecular weight is 321 g/mol. The van der Waals surface area contributed by atoms with Crippen LogP contribution in [0.2, 0.25) is 5.02 Å². The fraction of sp³-hybridized carbons (Fsp3) is 0.0714. The van der Waals surface area contributed by atoms with E-state index in [0.717, 1.165) is 4.90 Å². The van der Waals surface area contributed by atoms with Crippen LogP contribution in [0, 0.1) is 5.82 Å². The molecule has 0 spiro atoms. The minimum Gasteiger partial charge on any atom is -0.452 e. The molecule has 2 heterocycles. The van der Waals surface area contributed by atoms with E-state index in [9.17, 15) is 9.18 Å². The summed E-state index contributed by atoms with van der Waals surface area (Å²) in [4.78, 5) is 24.2. The van der Waals surface area contributed by atoms with Crippen LogP contribution in [0.3, 0.4) is 0 Å². The maximum Gasteiger partial charge on any atom is 0.420 e. The summed E-state index contributed by atoms with van der Waals surface area (Å²) in [6, 6.07) is 5.78. The first-order chi connectivity index (χ1) is 10.6. The monoisotopic (exact) mass is 320 g/mol. The Balaban J connectivity index is 2.28. The highest BCUT2D eigenvalue weighted by Gasteiger charge is 2.27. The maximum atomic E-state index is 14.2. The molecule has 0 radical (unpaired) electrons. The van der Waals surface area contributed by atoms with Crippen molar-refractivity contribution in [3.63, 3.8) is 0 Å². The summed E-state index contributed by atoms with van der Waals surface area (Å²) in [5.74, 6) is -0.523. The van der Waals surface area contributed by atoms with Gasteiger partial charge in [-0.25, -0.2) is 24.1 Å². The molecule has 0 bridgehead atoms. The van der Waals surface area contributed by atoms with E-state index in [1.54, 1.807) is 6.07 Å². The van der Waals surface area contributed by atoms with Crippen LogP contribution in [-0.4, -0.2) is 28.2 Å². The van der Waals surface area contributed by atoms with Crippen LogP contribution in [-0.2, 0) is 4.74 Å². The summed E-state index contributed by atoms with van der Waals surface area (Å²) in [7, 11) is 1.19. The van der Waals surface area contributed by atoms with Crippen molar-refractivity contribution in [2.75, 3.05) is 12.0 Å². The maximum absolute atomic E-state index is 14.2. The summed E-state index contributed by atoms with van der Waals surface area (Å²) in [5, 5.41) is 0.0590. The molecule has 0 unspecified atom stereocenters. The highest BCUT2D eigenvalue weighted by atomic mass is 35.5. The van der Waals surface area contributed by atoms with E-state index in [2.05, 4.69) is 15.0 Å². The van der Waals surface area contributed by atoms with Gasteiger partial charge in [-0.2, -0.15) is 0 Å². The van der Waals surface area contributed by atoms with Crippen LogP contribution in [0.15, 0.2) is 36.8 Å². The predicted octanol–water partition coefficient (Wildman–Crippen LogP) is 3.65. The fourth-order valence-electron chi connectivity index (χ4n) is 2.10. The lowest BCUT2D eigenvalue weighted by molar-refractivity contribution is 0.181. The molecule has 0 atom stereocenters. The Labute approximate surface area is 129 Å². The van der Waals surface area contributed by atoms with Gasteiger partial charge in [-0.15, -0.1) is 0 Å². The zero-order valence-electron chi connectivity index (χ0n) is 11.4. The molecule has 3 aromatic rings. The number of carbonyl (C=O) groups is 1. The second-order valence-corrected chi connectivity index (χ2v) is 4.71. The quantitative estimate of drug-likeness (QED) is 0.782. The number of anilines is 2. The van der Waals surface area contributed by atoms with E-state index >= 15 is 0 Å². The van der Waals surface area contributed by atoms with Crippen LogP contribution < -0.4 is 4.90 Å². The second kappa shape index (κ2) is 5.61. The van der Waals surface area contributed by atoms with E-state index in [1.165, 1.54) is 37.8 Å². The second-order valence-electron chi connectivity index (χ2n) is 4.31. The van der Waals surface area contributed by atoms with E-state index < -0.39 is 11.9 Å². The number of hydrogen-bond acceptors (Lipinski definition) is 4. The lowest BCUT2D eigenvalue weighted by Crippen LogP contribution is -2.28. The van der Waals surface area contributed by atoms with Gasteiger partial charge in [-0.05, 0) is 18.2 Å². The number of hydrogen-bond donors (Lipinski definition) is 1. The number of nitrogens with zero attached hydrogens (tertiary/aromatic N) is 3. The highest BCUT2D eigenvalue weighted by molar-refractivity contribution is 6.34. The first-order valence-corrected chi connectivity index (χ1v) is 6.61. The minimum atomic E-state index is -0.818. The number of halogens is 2. The van der Waals surface area contributed by atoms with Crippen LogP contribution >= 0.6 is 11.6 Å². The molecule has 0 saturated heterocycles. The number of carbonyl (C=O) groups excluding carboxylic acids is 1. The summed E-state index contributed by atoms with van der Waals surface area (Å²) >= 11 is 6.06. The van der Waals surface area contributed by atoms with Gasteiger partial charge in [0, 0.05) is 6.20 Å². The van der Waals surface area contributed by atoms with Gasteiger partial charge in [0.05, 0.1) is 24.0 Å². The fourth-order valence-corrected chi connectivity index (χ4v) is 2.35. The third-order valence-electron chi connectivity index (χ3n) is 3.05. The molecule has 0 saturated carbocycles. The van der Waals surface area contributed by atoms with Crippen molar-refractivity contribution in [1.29, 1.82) is 0 Å². The number of H-pyrrole nitrogens is 1. The summed E-state index contributed by atoms with van der Waals surface area (Å²) < 4.78 is 19.0. The first kappa shape index (κ1) is 14.3. The van der Waals surface area contributed by atoms with Crippen LogP contribution in [0.1, 0.15) is 0 Å². The average Bonchev–Trinajstić information content (AvgIpc) is 2.99. The molecule has 8 heteroatoms. The Morgan fingerprint density at radius 3 is 2.91 bits per heavy atom. The number of aromatic nitrogens is 3. The molecule has 6 nitrogen and oxygen atoms in total. The predicted molar refractivity (Wildman–Crippen MR) is 79.8 cm³/mol. The Bertz CT molecular complexity index is 831. The molecule has 0 aliphatic carbocycles. The number of amides is 1. The largest absolute Gasteiger partial charge is 0.452 e. The minimum absolute atomic E-state index is 0.0590. The standard InChI is InChI=1S/C14H10ClFN4O2/c1-22-14(21)20(12-8(15)3-2-4-9(12)16)13-11-10(5-6-17-13)18-7-19-11/h2-7H,1H3,(H,18,19). The number of ether oxygens (including phenoxy) is 1. The van der Waals surface area contributed by atoms with Crippen molar-refractivity contribution in [3.05, 3.63) is 47.6 Å². The van der Waals surface area contributed by atoms with Gasteiger partial charge in [0.1, 0.15) is 17.0 Å². The number of aromatic amines is 1. The van der Waals surface area contributed by atoms with Gasteiger partial charge in [0.2, 0.25) is 0 Å². The molecule has 1 aromatic carbocycles. The van der Waals surface area contributed by atoms with Crippen molar-refractivity contribution in [2.24, 2.45) is 0 Å². The lowest BCUT2D eigenvalue weighted by Gasteiger charge is -2.22. The van der Waals surface area contributed by atoms with Gasteiger partial charge < -0.3 is 9.72 Å². The number of benzene rings is 1. The van der Waals surface area contributed by atoms with Gasteiger partial charge >= 0.3 is 6.09 Å². The lowest BCUT2D eigenvalue weighted by atomic mass is 10.2. The SMILES string of the molecule is COC(=O)N(c1c(F)cccc1Cl)c1nccc2nc[nH]c12. The van der Waals surface area contributed by atoms with Crippen molar-refractivity contribution < 1.29 is 13.9 Å². The number of fused-ring (bicyclic) bond motifs is 1. The molecule has 22 heavy (non-hydrogen) atoms. The zero-order valence-corrected chi connectivity index (χ0v) is 12.1. The topological polar surface area (TPSA) is 71.1 Å². The number of rotatable bonds is 2. The molecule has 0 aliphatic heterocycles. The van der Waals surface area contributed by atoms with E-state index in [0.29, 0.717) is 11.0 Å². The third kappa shape index (κ3) is 2.25. The first-order valence-electron chi connectivity index (χ1n) is 6.23. The molecule has 1 N–H and O–H groups in total. The molecular formula is C14H10ClFN4O2. The Morgan fingerprint density at radius 1 is 1.36 bits per heavy atom. The Kier molecular flexibility index (Phi) is 3.64. The number of methoxy groups -OCH3 is 1. The molecular weight excluding hydrogens is 311 g/mol. The Hall–Kier alpha value is -2.67. The van der Waals surface area contributed by atoms with Gasteiger partial charge in [0.25, 0.3) is 0 Å². The molecule has 3 rings (SSSR count). The van der Waals surface area contributed by atoms with Crippen LogP contribution in [0.25, 0.3) is 11.0 Å². The highest BCUT2D eigenvalue weighted by Crippen LogP contribution is 2.36. The van der Waals surface area contributed by atoms with Crippen LogP contribution in [0.5, 0.6) is 0 Å². The number of imidazole rings is 1. The Morgan fingerprint density at radius 2 is 2.18 bits per heavy atom. The number of nitrogens with one attached hydrogen (secondary N) is 1. The van der Waals surface area contributed by atoms with E-state index in [4.69, 9.17) is 16.3 Å². The van der Waals surface area contributed by atoms with Gasteiger partial charge in [-0.3, -0.25) is 0 Å². The van der Waals surface area contributed by atoms with Crippen molar-refractivity contribution in [2.45, 2.75) is 0 Å². The van der Waals surface area contributed by atoms with Crippen molar-refractivity contribution in [3.8, 4) is 0 Å².